The lowest BCUT2D eigenvalue weighted by molar-refractivity contribution is -0.137. The van der Waals surface area contributed by atoms with Gasteiger partial charge < -0.3 is 9.88 Å². The molecule has 7 heteroatoms. The first-order valence-corrected chi connectivity index (χ1v) is 10.6. The SMILES string of the molecule is C=C/C(=C/C(=C)C)C(=O)/C=C/C=C(\C=C)NC(=O)c1cc(C)n(-c2ccccc2C(F)(F)F)c1C. The Balaban J connectivity index is 2.33. The summed E-state index contributed by atoms with van der Waals surface area (Å²) in [6.07, 6.45) is 4.13. The molecule has 0 aliphatic heterocycles. The van der Waals surface area contributed by atoms with Gasteiger partial charge in [0.2, 0.25) is 0 Å². The zero-order chi connectivity index (χ0) is 26.3. The second kappa shape index (κ2) is 11.3. The van der Waals surface area contributed by atoms with Gasteiger partial charge in [0, 0.05) is 22.7 Å². The number of rotatable bonds is 9. The Morgan fingerprint density at radius 2 is 1.74 bits per heavy atom. The summed E-state index contributed by atoms with van der Waals surface area (Å²) < 4.78 is 42.0. The van der Waals surface area contributed by atoms with Crippen molar-refractivity contribution < 1.29 is 22.8 Å². The first kappa shape index (κ1) is 27.1. The zero-order valence-electron chi connectivity index (χ0n) is 19.9. The van der Waals surface area contributed by atoms with Crippen LogP contribution in [0.3, 0.4) is 0 Å². The molecule has 0 spiro atoms. The average Bonchev–Trinajstić information content (AvgIpc) is 3.09. The zero-order valence-corrected chi connectivity index (χ0v) is 19.9. The Kier molecular flexibility index (Phi) is 8.78. The predicted molar refractivity (Wildman–Crippen MR) is 133 cm³/mol. The van der Waals surface area contributed by atoms with Crippen LogP contribution in [0.5, 0.6) is 0 Å². The summed E-state index contributed by atoms with van der Waals surface area (Å²) in [5.41, 5.74) is 1.57. The van der Waals surface area contributed by atoms with Gasteiger partial charge in [-0.05, 0) is 63.3 Å². The van der Waals surface area contributed by atoms with Crippen LogP contribution >= 0.6 is 0 Å². The van der Waals surface area contributed by atoms with E-state index in [1.165, 1.54) is 59.2 Å². The second-order valence-electron chi connectivity index (χ2n) is 7.79. The molecule has 2 aromatic rings. The van der Waals surface area contributed by atoms with E-state index in [0.29, 0.717) is 28.2 Å². The number of halogens is 3. The van der Waals surface area contributed by atoms with Crippen molar-refractivity contribution in [1.82, 2.24) is 9.88 Å². The van der Waals surface area contributed by atoms with Crippen LogP contribution in [0.2, 0.25) is 0 Å². The summed E-state index contributed by atoms with van der Waals surface area (Å²) in [6.45, 7) is 16.0. The largest absolute Gasteiger partial charge is 0.418 e. The number of carbonyl (C=O) groups excluding carboxylic acids is 2. The second-order valence-corrected chi connectivity index (χ2v) is 7.79. The molecule has 182 valence electrons. The molecule has 0 saturated heterocycles. The van der Waals surface area contributed by atoms with Crippen LogP contribution in [0, 0.1) is 13.8 Å². The van der Waals surface area contributed by atoms with Crippen LogP contribution in [0.4, 0.5) is 13.2 Å². The molecule has 0 saturated carbocycles. The molecule has 1 aromatic heterocycles. The summed E-state index contributed by atoms with van der Waals surface area (Å²) in [6, 6.07) is 6.72. The third-order valence-corrected chi connectivity index (χ3v) is 5.03. The smallest absolute Gasteiger partial charge is 0.322 e. The van der Waals surface area contributed by atoms with Crippen molar-refractivity contribution in [2.75, 3.05) is 0 Å². The highest BCUT2D eigenvalue weighted by molar-refractivity contribution is 6.06. The Labute approximate surface area is 203 Å². The maximum absolute atomic E-state index is 13.5. The molecule has 0 aliphatic carbocycles. The Hall–Kier alpha value is -4.13. The van der Waals surface area contributed by atoms with E-state index in [0.717, 1.165) is 6.07 Å². The van der Waals surface area contributed by atoms with Gasteiger partial charge in [-0.1, -0.05) is 49.6 Å². The van der Waals surface area contributed by atoms with Gasteiger partial charge in [0.05, 0.1) is 16.8 Å². The van der Waals surface area contributed by atoms with Crippen LogP contribution < -0.4 is 5.32 Å². The number of allylic oxidation sites excluding steroid dienone is 8. The van der Waals surface area contributed by atoms with Gasteiger partial charge in [0.15, 0.2) is 5.78 Å². The van der Waals surface area contributed by atoms with Gasteiger partial charge in [-0.2, -0.15) is 13.2 Å². The van der Waals surface area contributed by atoms with Crippen molar-refractivity contribution >= 4 is 11.7 Å². The standard InChI is InChI=1S/C28H27F3N2O2/c1-7-21(16-18(3)4)26(34)15-11-12-22(8-2)32-27(35)23-17-19(5)33(20(23)6)25-14-10-9-13-24(25)28(29,30)31/h7-17H,1-3H2,4-6H3,(H,32,35)/b15-11+,21-16-,22-12+. The van der Waals surface area contributed by atoms with Gasteiger partial charge in [0.25, 0.3) is 5.91 Å². The van der Waals surface area contributed by atoms with Gasteiger partial charge >= 0.3 is 6.18 Å². The minimum Gasteiger partial charge on any atom is -0.322 e. The van der Waals surface area contributed by atoms with Crippen LogP contribution in [0.15, 0.2) is 103 Å². The summed E-state index contributed by atoms with van der Waals surface area (Å²) in [5.74, 6) is -0.811. The van der Waals surface area contributed by atoms with Crippen molar-refractivity contribution in [3.05, 3.63) is 126 Å². The van der Waals surface area contributed by atoms with Crippen LogP contribution in [-0.2, 0) is 11.0 Å². The monoisotopic (exact) mass is 480 g/mol. The summed E-state index contributed by atoms with van der Waals surface area (Å²) in [5, 5.41) is 2.67. The topological polar surface area (TPSA) is 51.1 Å². The Morgan fingerprint density at radius 1 is 1.09 bits per heavy atom. The molecule has 4 nitrogen and oxygen atoms in total. The fourth-order valence-electron chi connectivity index (χ4n) is 3.46. The number of amides is 1. The fourth-order valence-corrected chi connectivity index (χ4v) is 3.46. The molecule has 1 heterocycles. The average molecular weight is 481 g/mol. The van der Waals surface area contributed by atoms with Crippen LogP contribution in [-0.4, -0.2) is 16.3 Å². The number of nitrogens with one attached hydrogen (secondary N) is 1. The highest BCUT2D eigenvalue weighted by Crippen LogP contribution is 2.35. The molecule has 0 aliphatic rings. The van der Waals surface area contributed by atoms with E-state index in [1.807, 2.05) is 0 Å². The molecule has 1 aromatic carbocycles. The van der Waals surface area contributed by atoms with E-state index < -0.39 is 17.6 Å². The van der Waals surface area contributed by atoms with Crippen molar-refractivity contribution in [2.45, 2.75) is 26.9 Å². The van der Waals surface area contributed by atoms with Gasteiger partial charge in [-0.25, -0.2) is 0 Å². The first-order chi connectivity index (χ1) is 16.4. The number of hydrogen-bond donors (Lipinski definition) is 1. The summed E-state index contributed by atoms with van der Waals surface area (Å²) in [7, 11) is 0. The molecule has 2 rings (SSSR count). The lowest BCUT2D eigenvalue weighted by Crippen LogP contribution is -2.22. The number of para-hydroxylation sites is 1. The molecule has 35 heavy (non-hydrogen) atoms. The van der Waals surface area contributed by atoms with E-state index >= 15 is 0 Å². The number of benzene rings is 1. The molecule has 1 N–H and O–H groups in total. The predicted octanol–water partition coefficient (Wildman–Crippen LogP) is 6.73. The number of alkyl halides is 3. The van der Waals surface area contributed by atoms with Gasteiger partial charge in [-0.15, -0.1) is 0 Å². The Morgan fingerprint density at radius 3 is 2.31 bits per heavy atom. The van der Waals surface area contributed by atoms with E-state index in [4.69, 9.17) is 0 Å². The highest BCUT2D eigenvalue weighted by Gasteiger charge is 2.34. The molecular formula is C28H27F3N2O2. The molecule has 0 atom stereocenters. The molecule has 0 bridgehead atoms. The number of aryl methyl sites for hydroxylation is 1. The highest BCUT2D eigenvalue weighted by atomic mass is 19.4. The van der Waals surface area contributed by atoms with Crippen molar-refractivity contribution in [2.24, 2.45) is 0 Å². The first-order valence-electron chi connectivity index (χ1n) is 10.6. The third kappa shape index (κ3) is 6.69. The normalized spacial score (nSPS) is 12.5. The minimum absolute atomic E-state index is 0.0594. The van der Waals surface area contributed by atoms with Crippen molar-refractivity contribution in [3.63, 3.8) is 0 Å². The number of carbonyl (C=O) groups is 2. The fraction of sp³-hybridized carbons (Fsp3) is 0.143. The number of hydrogen-bond acceptors (Lipinski definition) is 2. The maximum atomic E-state index is 13.5. The maximum Gasteiger partial charge on any atom is 0.418 e. The Bertz CT molecular complexity index is 1270. The van der Waals surface area contributed by atoms with E-state index in [2.05, 4.69) is 25.1 Å². The number of aromatic nitrogens is 1. The summed E-state index contributed by atoms with van der Waals surface area (Å²) >= 11 is 0. The third-order valence-electron chi connectivity index (χ3n) is 5.03. The lowest BCUT2D eigenvalue weighted by Gasteiger charge is -2.16. The van der Waals surface area contributed by atoms with Gasteiger partial charge in [0.1, 0.15) is 0 Å². The number of nitrogens with zero attached hydrogens (tertiary/aromatic N) is 1. The van der Waals surface area contributed by atoms with Gasteiger partial charge in [-0.3, -0.25) is 9.59 Å². The summed E-state index contributed by atoms with van der Waals surface area (Å²) in [4.78, 5) is 25.2. The van der Waals surface area contributed by atoms with Crippen LogP contribution in [0.1, 0.15) is 34.2 Å². The van der Waals surface area contributed by atoms with E-state index in [1.54, 1.807) is 26.8 Å². The molecule has 0 unspecified atom stereocenters. The minimum atomic E-state index is -4.55. The van der Waals surface area contributed by atoms with Crippen molar-refractivity contribution in [1.29, 1.82) is 0 Å². The number of ketones is 1. The molecule has 0 radical (unpaired) electrons. The van der Waals surface area contributed by atoms with E-state index in [-0.39, 0.29) is 17.0 Å². The quantitative estimate of drug-likeness (QED) is 0.320. The molecule has 0 fully saturated rings. The molecular weight excluding hydrogens is 453 g/mol. The lowest BCUT2D eigenvalue weighted by atomic mass is 10.1. The van der Waals surface area contributed by atoms with E-state index in [9.17, 15) is 22.8 Å². The van der Waals surface area contributed by atoms with Crippen LogP contribution in [0.25, 0.3) is 5.69 Å². The molecule has 1 amide bonds. The van der Waals surface area contributed by atoms with Crippen molar-refractivity contribution in [3.8, 4) is 5.69 Å².